The molecule has 2 N–H and O–H groups in total. The summed E-state index contributed by atoms with van der Waals surface area (Å²) in [6, 6.07) is 82.3. The topological polar surface area (TPSA) is 83.1 Å². The molecule has 1 aromatic heterocycles. The summed E-state index contributed by atoms with van der Waals surface area (Å²) in [6.45, 7) is 1.74. The zero-order chi connectivity index (χ0) is 48.6. The number of rotatable bonds is 7. The van der Waals surface area contributed by atoms with Crippen LogP contribution in [0.25, 0.3) is 49.7 Å². The number of fused-ring (bicyclic) bond motifs is 9. The zero-order valence-corrected chi connectivity index (χ0v) is 40.2. The Morgan fingerprint density at radius 1 is 0.397 bits per heavy atom. The van der Waals surface area contributed by atoms with Gasteiger partial charge in [0.1, 0.15) is 0 Å². The summed E-state index contributed by atoms with van der Waals surface area (Å²) in [6.07, 6.45) is 2.01. The van der Waals surface area contributed by atoms with Gasteiger partial charge in [0.05, 0.1) is 46.4 Å². The molecular weight excluding hydrogens is 891 g/mol. The van der Waals surface area contributed by atoms with Crippen LogP contribution in [0.2, 0.25) is 0 Å². The molecule has 5 heterocycles. The fourth-order valence-electron chi connectivity index (χ4n) is 13.0. The van der Waals surface area contributed by atoms with Crippen LogP contribution >= 0.6 is 0 Å². The largest absolute Gasteiger partial charge is 0.336 e. The van der Waals surface area contributed by atoms with E-state index in [9.17, 15) is 10.5 Å². The lowest BCUT2D eigenvalue weighted by molar-refractivity contribution is 0.343. The van der Waals surface area contributed by atoms with Crippen LogP contribution < -0.4 is 20.4 Å². The SMILES string of the molecule is N#Cc1ccc(-c2ccc(N3c4ccccc4C4CC(c5ccc6c(c5)c5cc(C7CC8c9ccccc9N(c9ccc(-c%10ccc(C#N)cc%10)cc9)C8CN7)ccc5n6-c5ccccc5)NCC43)cc2)cc1. The Labute approximate surface area is 425 Å². The molecule has 4 aliphatic rings. The number of benzene rings is 9. The molecule has 7 heteroatoms. The van der Waals surface area contributed by atoms with Crippen LogP contribution in [0.4, 0.5) is 22.7 Å². The molecule has 0 saturated carbocycles. The Kier molecular flexibility index (Phi) is 10.4. The second-order valence-corrected chi connectivity index (χ2v) is 20.3. The molecule has 14 rings (SSSR count). The van der Waals surface area contributed by atoms with Crippen LogP contribution in [-0.4, -0.2) is 29.7 Å². The Morgan fingerprint density at radius 2 is 0.795 bits per heavy atom. The number of anilines is 4. The zero-order valence-electron chi connectivity index (χ0n) is 40.2. The lowest BCUT2D eigenvalue weighted by Gasteiger charge is -2.38. The highest BCUT2D eigenvalue weighted by molar-refractivity contribution is 6.10. The summed E-state index contributed by atoms with van der Waals surface area (Å²) < 4.78 is 2.45. The van der Waals surface area contributed by atoms with Gasteiger partial charge in [0.15, 0.2) is 0 Å². The van der Waals surface area contributed by atoms with Gasteiger partial charge in [0, 0.05) is 76.2 Å². The van der Waals surface area contributed by atoms with E-state index < -0.39 is 0 Å². The standard InChI is InChI=1S/C66H51N7/c67-38-42-14-18-44(19-15-42)46-22-28-51(29-23-46)72-61-12-6-4-10-53(61)57-36-59(69-40-65(57)72)48-26-32-63-55(34-48)56-35-49(27-33-64(56)71(63)50-8-2-1-3-9-50)60-37-58-54-11-5-7-13-62(54)73(66(58)41-70-60)52-30-24-47(25-31-52)45-20-16-43(39-68)17-21-45/h1-35,57-60,65-66,69-70H,36-37,40-41H2. The molecule has 4 aliphatic heterocycles. The Morgan fingerprint density at radius 3 is 1.22 bits per heavy atom. The van der Waals surface area contributed by atoms with Crippen molar-refractivity contribution in [3.8, 4) is 40.1 Å². The van der Waals surface area contributed by atoms with E-state index in [1.165, 1.54) is 72.5 Å². The number of para-hydroxylation sites is 3. The molecular formula is C66H51N7. The summed E-state index contributed by atoms with van der Waals surface area (Å²) >= 11 is 0. The van der Waals surface area contributed by atoms with Crippen LogP contribution in [0.15, 0.2) is 212 Å². The van der Waals surface area contributed by atoms with E-state index in [0.29, 0.717) is 35.0 Å². The summed E-state index contributed by atoms with van der Waals surface area (Å²) in [4.78, 5) is 5.12. The van der Waals surface area contributed by atoms with Crippen LogP contribution in [0.3, 0.4) is 0 Å². The highest BCUT2D eigenvalue weighted by atomic mass is 15.2. The number of aromatic nitrogens is 1. The monoisotopic (exact) mass is 941 g/mol. The molecule has 9 aromatic carbocycles. The normalized spacial score (nSPS) is 20.7. The van der Waals surface area contributed by atoms with E-state index in [4.69, 9.17) is 0 Å². The molecule has 6 unspecified atom stereocenters. The Hall–Kier alpha value is -8.72. The van der Waals surface area contributed by atoms with E-state index >= 15 is 0 Å². The number of hydrogen-bond donors (Lipinski definition) is 2. The van der Waals surface area contributed by atoms with Gasteiger partial charge in [-0.2, -0.15) is 10.5 Å². The van der Waals surface area contributed by atoms with E-state index in [1.807, 2.05) is 48.5 Å². The van der Waals surface area contributed by atoms with Crippen molar-refractivity contribution in [2.75, 3.05) is 22.9 Å². The second-order valence-electron chi connectivity index (χ2n) is 20.3. The van der Waals surface area contributed by atoms with E-state index in [-0.39, 0.29) is 12.1 Å². The first kappa shape index (κ1) is 43.1. The summed E-state index contributed by atoms with van der Waals surface area (Å²) in [5, 5.41) is 29.3. The third-order valence-corrected chi connectivity index (χ3v) is 16.5. The lowest BCUT2D eigenvalue weighted by Crippen LogP contribution is -2.46. The Balaban J connectivity index is 0.764. The average Bonchev–Trinajstić information content (AvgIpc) is 4.10. The number of piperidine rings is 2. The maximum absolute atomic E-state index is 9.32. The van der Waals surface area contributed by atoms with Crippen LogP contribution in [0.1, 0.15) is 70.1 Å². The van der Waals surface area contributed by atoms with Gasteiger partial charge < -0.3 is 25.0 Å². The first-order valence-electron chi connectivity index (χ1n) is 25.7. The molecule has 0 bridgehead atoms. The van der Waals surface area contributed by atoms with Crippen molar-refractivity contribution in [2.24, 2.45) is 0 Å². The molecule has 10 aromatic rings. The fourth-order valence-corrected chi connectivity index (χ4v) is 13.0. The maximum atomic E-state index is 9.32. The van der Waals surface area contributed by atoms with Crippen molar-refractivity contribution >= 4 is 44.6 Å². The van der Waals surface area contributed by atoms with Gasteiger partial charge in [-0.25, -0.2) is 0 Å². The fraction of sp³-hybridized carbons (Fsp3) is 0.152. The van der Waals surface area contributed by atoms with Crippen LogP contribution in [0.5, 0.6) is 0 Å². The molecule has 7 nitrogen and oxygen atoms in total. The average molecular weight is 942 g/mol. The van der Waals surface area contributed by atoms with Gasteiger partial charge in [-0.3, -0.25) is 0 Å². The molecule has 0 spiro atoms. The predicted molar refractivity (Wildman–Crippen MR) is 295 cm³/mol. The van der Waals surface area contributed by atoms with Crippen molar-refractivity contribution in [1.29, 1.82) is 10.5 Å². The molecule has 0 aliphatic carbocycles. The highest BCUT2D eigenvalue weighted by Gasteiger charge is 2.45. The molecule has 2 saturated heterocycles. The summed E-state index contributed by atoms with van der Waals surface area (Å²) in [5.41, 5.74) is 20.0. The van der Waals surface area contributed by atoms with Gasteiger partial charge in [-0.1, -0.05) is 115 Å². The molecule has 73 heavy (non-hydrogen) atoms. The number of nitriles is 2. The minimum absolute atomic E-state index is 0.199. The number of nitrogens with one attached hydrogen (secondary N) is 2. The summed E-state index contributed by atoms with van der Waals surface area (Å²) in [5.74, 6) is 0.749. The smallest absolute Gasteiger partial charge is 0.0991 e. The van der Waals surface area contributed by atoms with E-state index in [2.05, 4.69) is 201 Å². The first-order valence-corrected chi connectivity index (χ1v) is 25.7. The van der Waals surface area contributed by atoms with E-state index in [0.717, 1.165) is 48.2 Å². The minimum atomic E-state index is 0.199. The highest BCUT2D eigenvalue weighted by Crippen LogP contribution is 2.52. The van der Waals surface area contributed by atoms with Gasteiger partial charge in [0.2, 0.25) is 0 Å². The summed E-state index contributed by atoms with van der Waals surface area (Å²) in [7, 11) is 0. The lowest BCUT2D eigenvalue weighted by atomic mass is 9.82. The first-order chi connectivity index (χ1) is 36.1. The van der Waals surface area contributed by atoms with Gasteiger partial charge in [0.25, 0.3) is 0 Å². The molecule has 0 amide bonds. The molecule has 2 fully saturated rings. The third kappa shape index (κ3) is 7.23. The van der Waals surface area contributed by atoms with Crippen LogP contribution in [0, 0.1) is 22.7 Å². The predicted octanol–water partition coefficient (Wildman–Crippen LogP) is 14.5. The number of hydrogen-bond acceptors (Lipinski definition) is 6. The minimum Gasteiger partial charge on any atom is -0.336 e. The van der Waals surface area contributed by atoms with Crippen molar-refractivity contribution in [2.45, 2.75) is 48.8 Å². The molecule has 0 radical (unpaired) electrons. The van der Waals surface area contributed by atoms with Crippen molar-refractivity contribution in [3.05, 3.63) is 246 Å². The van der Waals surface area contributed by atoms with Crippen LogP contribution in [-0.2, 0) is 0 Å². The van der Waals surface area contributed by atoms with Gasteiger partial charge in [-0.05, 0) is 154 Å². The number of nitrogens with zero attached hydrogens (tertiary/aromatic N) is 5. The second kappa shape index (κ2) is 17.5. The maximum Gasteiger partial charge on any atom is 0.0991 e. The van der Waals surface area contributed by atoms with Gasteiger partial charge >= 0.3 is 0 Å². The molecule has 6 atom stereocenters. The van der Waals surface area contributed by atoms with Crippen molar-refractivity contribution in [3.63, 3.8) is 0 Å². The van der Waals surface area contributed by atoms with Gasteiger partial charge in [-0.15, -0.1) is 0 Å². The quantitative estimate of drug-likeness (QED) is 0.166. The van der Waals surface area contributed by atoms with Crippen molar-refractivity contribution < 1.29 is 0 Å². The third-order valence-electron chi connectivity index (χ3n) is 16.5. The molecule has 350 valence electrons. The van der Waals surface area contributed by atoms with E-state index in [1.54, 1.807) is 0 Å². The van der Waals surface area contributed by atoms with Crippen molar-refractivity contribution in [1.82, 2.24) is 15.2 Å². The Bertz CT molecular complexity index is 3580.